The van der Waals surface area contributed by atoms with Gasteiger partial charge in [0, 0.05) is 15.6 Å². The average molecular weight is 368 g/mol. The van der Waals surface area contributed by atoms with Gasteiger partial charge in [0.2, 0.25) is 0 Å². The van der Waals surface area contributed by atoms with Crippen molar-refractivity contribution in [3.63, 3.8) is 0 Å². The molecule has 110 valence electrons. The van der Waals surface area contributed by atoms with Crippen LogP contribution in [0.4, 0.5) is 4.39 Å². The van der Waals surface area contributed by atoms with E-state index in [0.717, 1.165) is 28.0 Å². The van der Waals surface area contributed by atoms with Gasteiger partial charge in [-0.05, 0) is 49.2 Å². The van der Waals surface area contributed by atoms with Gasteiger partial charge in [-0.1, -0.05) is 34.2 Å². The number of aryl methyl sites for hydroxylation is 2. The summed E-state index contributed by atoms with van der Waals surface area (Å²) >= 11 is 8.33. The number of benzene rings is 2. The molecule has 0 aromatic heterocycles. The van der Waals surface area contributed by atoms with Gasteiger partial charge in [-0.25, -0.2) is 4.39 Å². The fourth-order valence-electron chi connectivity index (χ4n) is 2.11. The minimum Gasteiger partial charge on any atom is -0.488 e. The molecule has 0 radical (unpaired) electrons. The van der Waals surface area contributed by atoms with Gasteiger partial charge in [-0.3, -0.25) is 0 Å². The number of halogens is 2. The zero-order valence-corrected chi connectivity index (χ0v) is 14.1. The first-order valence-electron chi connectivity index (χ1n) is 6.36. The molecule has 0 aliphatic carbocycles. The average Bonchev–Trinajstić information content (AvgIpc) is 2.39. The van der Waals surface area contributed by atoms with E-state index < -0.39 is 0 Å². The van der Waals surface area contributed by atoms with E-state index in [1.807, 2.05) is 26.0 Å². The lowest BCUT2D eigenvalue weighted by Crippen LogP contribution is -2.10. The first kappa shape index (κ1) is 15.9. The third kappa shape index (κ3) is 3.80. The third-order valence-corrected chi connectivity index (χ3v) is 4.11. The Kier molecular flexibility index (Phi) is 4.96. The van der Waals surface area contributed by atoms with Crippen molar-refractivity contribution in [2.24, 2.45) is 5.73 Å². The molecule has 0 unspecified atom stereocenters. The summed E-state index contributed by atoms with van der Waals surface area (Å²) < 4.78 is 19.6. The standard InChI is InChI=1S/C16H15BrFNOS/c1-9-5-12(16(19)21)6-10(2)15(9)20-8-11-3-4-13(18)7-14(11)17/h3-7H,8H2,1-2H3,(H2,19,21). The minimum atomic E-state index is -0.279. The second-order valence-electron chi connectivity index (χ2n) is 4.83. The Morgan fingerprint density at radius 1 is 1.24 bits per heavy atom. The van der Waals surface area contributed by atoms with E-state index in [-0.39, 0.29) is 5.82 Å². The molecule has 2 nitrogen and oxygen atoms in total. The molecular weight excluding hydrogens is 353 g/mol. The van der Waals surface area contributed by atoms with E-state index in [1.165, 1.54) is 12.1 Å². The zero-order chi connectivity index (χ0) is 15.6. The van der Waals surface area contributed by atoms with Crippen LogP contribution in [0.15, 0.2) is 34.8 Å². The minimum absolute atomic E-state index is 0.279. The number of thiocarbonyl (C=S) groups is 1. The van der Waals surface area contributed by atoms with Crippen LogP contribution in [0, 0.1) is 19.7 Å². The Morgan fingerprint density at radius 2 is 1.86 bits per heavy atom. The predicted molar refractivity (Wildman–Crippen MR) is 90.2 cm³/mol. The van der Waals surface area contributed by atoms with Crippen LogP contribution in [0.1, 0.15) is 22.3 Å². The monoisotopic (exact) mass is 367 g/mol. The first-order valence-corrected chi connectivity index (χ1v) is 7.56. The SMILES string of the molecule is Cc1cc(C(N)=S)cc(C)c1OCc1ccc(F)cc1Br. The second-order valence-corrected chi connectivity index (χ2v) is 6.12. The quantitative estimate of drug-likeness (QED) is 0.812. The van der Waals surface area contributed by atoms with E-state index in [0.29, 0.717) is 16.1 Å². The summed E-state index contributed by atoms with van der Waals surface area (Å²) in [6.45, 7) is 4.25. The number of ether oxygens (including phenoxy) is 1. The van der Waals surface area contributed by atoms with Crippen LogP contribution in [0.5, 0.6) is 5.75 Å². The number of hydrogen-bond donors (Lipinski definition) is 1. The van der Waals surface area contributed by atoms with Crippen LogP contribution in [-0.2, 0) is 6.61 Å². The molecule has 0 saturated heterocycles. The van der Waals surface area contributed by atoms with Crippen molar-refractivity contribution in [2.45, 2.75) is 20.5 Å². The zero-order valence-electron chi connectivity index (χ0n) is 11.7. The molecule has 0 heterocycles. The molecule has 0 bridgehead atoms. The van der Waals surface area contributed by atoms with Crippen LogP contribution >= 0.6 is 28.1 Å². The van der Waals surface area contributed by atoms with Gasteiger partial charge in [0.05, 0.1) is 0 Å². The van der Waals surface area contributed by atoms with Crippen molar-refractivity contribution in [2.75, 3.05) is 0 Å². The summed E-state index contributed by atoms with van der Waals surface area (Å²) in [6.07, 6.45) is 0. The summed E-state index contributed by atoms with van der Waals surface area (Å²) in [4.78, 5) is 0.369. The van der Waals surface area contributed by atoms with Gasteiger partial charge in [-0.2, -0.15) is 0 Å². The van der Waals surface area contributed by atoms with E-state index in [4.69, 9.17) is 22.7 Å². The molecule has 21 heavy (non-hydrogen) atoms. The normalized spacial score (nSPS) is 10.5. The maximum atomic E-state index is 13.1. The molecule has 0 fully saturated rings. The topological polar surface area (TPSA) is 35.2 Å². The van der Waals surface area contributed by atoms with Gasteiger partial charge < -0.3 is 10.5 Å². The fraction of sp³-hybridized carbons (Fsp3) is 0.188. The van der Waals surface area contributed by atoms with Gasteiger partial charge in [-0.15, -0.1) is 0 Å². The maximum Gasteiger partial charge on any atom is 0.125 e. The Labute approximate surface area is 137 Å². The number of nitrogens with two attached hydrogens (primary N) is 1. The molecule has 0 spiro atoms. The van der Waals surface area contributed by atoms with Crippen LogP contribution in [0.2, 0.25) is 0 Å². The van der Waals surface area contributed by atoms with Crippen LogP contribution in [-0.4, -0.2) is 4.99 Å². The Hall–Kier alpha value is -1.46. The molecule has 2 N–H and O–H groups in total. The molecular formula is C16H15BrFNOS. The molecule has 0 aliphatic heterocycles. The highest BCUT2D eigenvalue weighted by molar-refractivity contribution is 9.10. The van der Waals surface area contributed by atoms with Crippen LogP contribution in [0.25, 0.3) is 0 Å². The van der Waals surface area contributed by atoms with E-state index in [2.05, 4.69) is 15.9 Å². The van der Waals surface area contributed by atoms with Crippen molar-refractivity contribution >= 4 is 33.1 Å². The summed E-state index contributed by atoms with van der Waals surface area (Å²) in [5, 5.41) is 0. The summed E-state index contributed by atoms with van der Waals surface area (Å²) in [5.41, 5.74) is 9.30. The molecule has 2 aromatic rings. The number of rotatable bonds is 4. The molecule has 0 amide bonds. The maximum absolute atomic E-state index is 13.1. The first-order chi connectivity index (χ1) is 9.88. The highest BCUT2D eigenvalue weighted by Crippen LogP contribution is 2.27. The second kappa shape index (κ2) is 6.54. The van der Waals surface area contributed by atoms with Crippen molar-refractivity contribution in [1.82, 2.24) is 0 Å². The number of hydrogen-bond acceptors (Lipinski definition) is 2. The van der Waals surface area contributed by atoms with E-state index >= 15 is 0 Å². The Balaban J connectivity index is 2.22. The van der Waals surface area contributed by atoms with Crippen LogP contribution in [0.3, 0.4) is 0 Å². The molecule has 0 aliphatic rings. The lowest BCUT2D eigenvalue weighted by molar-refractivity contribution is 0.301. The molecule has 2 aromatic carbocycles. The summed E-state index contributed by atoms with van der Waals surface area (Å²) in [5.74, 6) is 0.519. The van der Waals surface area contributed by atoms with Gasteiger partial charge in [0.1, 0.15) is 23.2 Å². The Morgan fingerprint density at radius 3 is 2.38 bits per heavy atom. The smallest absolute Gasteiger partial charge is 0.125 e. The van der Waals surface area contributed by atoms with Gasteiger partial charge in [0.15, 0.2) is 0 Å². The van der Waals surface area contributed by atoms with Gasteiger partial charge in [0.25, 0.3) is 0 Å². The van der Waals surface area contributed by atoms with Crippen molar-refractivity contribution in [3.05, 3.63) is 62.9 Å². The van der Waals surface area contributed by atoms with Crippen molar-refractivity contribution in [1.29, 1.82) is 0 Å². The van der Waals surface area contributed by atoms with Crippen molar-refractivity contribution in [3.8, 4) is 5.75 Å². The summed E-state index contributed by atoms with van der Waals surface area (Å²) in [6, 6.07) is 8.36. The highest BCUT2D eigenvalue weighted by Gasteiger charge is 2.09. The highest BCUT2D eigenvalue weighted by atomic mass is 79.9. The predicted octanol–water partition coefficient (Wildman–Crippen LogP) is 4.42. The van der Waals surface area contributed by atoms with Crippen molar-refractivity contribution < 1.29 is 9.13 Å². The summed E-state index contributed by atoms with van der Waals surface area (Å²) in [7, 11) is 0. The lowest BCUT2D eigenvalue weighted by Gasteiger charge is -2.14. The van der Waals surface area contributed by atoms with E-state index in [1.54, 1.807) is 6.07 Å². The molecule has 5 heteroatoms. The largest absolute Gasteiger partial charge is 0.488 e. The molecule has 2 rings (SSSR count). The fourth-order valence-corrected chi connectivity index (χ4v) is 2.69. The van der Waals surface area contributed by atoms with Crippen LogP contribution < -0.4 is 10.5 Å². The van der Waals surface area contributed by atoms with Gasteiger partial charge >= 0.3 is 0 Å². The lowest BCUT2D eigenvalue weighted by atomic mass is 10.1. The molecule has 0 atom stereocenters. The third-order valence-electron chi connectivity index (χ3n) is 3.13. The van der Waals surface area contributed by atoms with E-state index in [9.17, 15) is 4.39 Å². The molecule has 0 saturated carbocycles. The Bertz CT molecular complexity index is 680.